The van der Waals surface area contributed by atoms with Gasteiger partial charge in [0.05, 0.1) is 0 Å². The number of hydrogen-bond donors (Lipinski definition) is 2. The first-order valence-electron chi connectivity index (χ1n) is 6.67. The predicted molar refractivity (Wildman–Crippen MR) is 84.9 cm³/mol. The normalized spacial score (nSPS) is 17.6. The molecule has 0 atom stereocenters. The molecule has 2 aromatic carbocycles. The number of amides is 1. The maximum Gasteiger partial charge on any atom is 0.262 e. The molecule has 4 rings (SSSR count). The molecule has 1 heterocycles. The number of thioether (sulfide) groups is 1. The third kappa shape index (κ3) is 1.52. The molecule has 2 aromatic rings. The molecule has 1 amide bonds. The summed E-state index contributed by atoms with van der Waals surface area (Å²) in [4.78, 5) is 12.8. The van der Waals surface area contributed by atoms with Gasteiger partial charge in [-0.25, -0.2) is 0 Å². The zero-order valence-electron chi connectivity index (χ0n) is 11.4. The summed E-state index contributed by atoms with van der Waals surface area (Å²) < 4.78 is 0. The summed E-state index contributed by atoms with van der Waals surface area (Å²) in [6.45, 7) is 0. The van der Waals surface area contributed by atoms with E-state index in [1.807, 2.05) is 54.8 Å². The first-order valence-corrected chi connectivity index (χ1v) is 7.89. The molecule has 0 fully saturated rings. The SMILES string of the molecule is CSC1=NNC2(C(=O)N1)c1ccccc1-c1ccccc12. The molecule has 0 aromatic heterocycles. The largest absolute Gasteiger partial charge is 0.301 e. The second-order valence-electron chi connectivity index (χ2n) is 5.03. The number of carbonyl (C=O) groups excluding carboxylic acids is 1. The third-order valence-corrected chi connectivity index (χ3v) is 4.61. The van der Waals surface area contributed by atoms with E-state index >= 15 is 0 Å². The van der Waals surface area contributed by atoms with E-state index < -0.39 is 5.54 Å². The second-order valence-corrected chi connectivity index (χ2v) is 5.82. The Morgan fingerprint density at radius 3 is 2.10 bits per heavy atom. The van der Waals surface area contributed by atoms with Crippen LogP contribution in [0.25, 0.3) is 11.1 Å². The maximum absolute atomic E-state index is 12.8. The van der Waals surface area contributed by atoms with Crippen molar-refractivity contribution in [2.24, 2.45) is 5.10 Å². The van der Waals surface area contributed by atoms with Gasteiger partial charge >= 0.3 is 0 Å². The summed E-state index contributed by atoms with van der Waals surface area (Å²) in [7, 11) is 0. The Bertz CT molecular complexity index is 739. The zero-order valence-corrected chi connectivity index (χ0v) is 12.2. The van der Waals surface area contributed by atoms with Gasteiger partial charge in [0.2, 0.25) is 0 Å². The highest BCUT2D eigenvalue weighted by molar-refractivity contribution is 8.13. The van der Waals surface area contributed by atoms with E-state index in [-0.39, 0.29) is 5.91 Å². The molecule has 0 unspecified atom stereocenters. The molecular weight excluding hydrogens is 282 g/mol. The molecule has 2 N–H and O–H groups in total. The first-order chi connectivity index (χ1) is 10.3. The smallest absolute Gasteiger partial charge is 0.262 e. The number of carbonyl (C=O) groups is 1. The Morgan fingerprint density at radius 2 is 1.57 bits per heavy atom. The van der Waals surface area contributed by atoms with Crippen molar-refractivity contribution in [1.29, 1.82) is 0 Å². The molecule has 1 aliphatic carbocycles. The molecular formula is C16H13N3OS. The van der Waals surface area contributed by atoms with Gasteiger partial charge in [-0.1, -0.05) is 60.3 Å². The van der Waals surface area contributed by atoms with Gasteiger partial charge in [0, 0.05) is 11.1 Å². The number of nitrogens with zero attached hydrogens (tertiary/aromatic N) is 1. The molecule has 1 aliphatic heterocycles. The summed E-state index contributed by atoms with van der Waals surface area (Å²) in [6, 6.07) is 16.0. The number of rotatable bonds is 0. The minimum atomic E-state index is -0.924. The molecule has 0 saturated heterocycles. The summed E-state index contributed by atoms with van der Waals surface area (Å²) >= 11 is 1.41. The van der Waals surface area contributed by atoms with Crippen LogP contribution in [0.3, 0.4) is 0 Å². The Kier molecular flexibility index (Phi) is 2.59. The van der Waals surface area contributed by atoms with Crippen LogP contribution in [-0.2, 0) is 10.3 Å². The summed E-state index contributed by atoms with van der Waals surface area (Å²) in [6.07, 6.45) is 1.88. The van der Waals surface area contributed by atoms with Crippen molar-refractivity contribution in [2.75, 3.05) is 6.26 Å². The minimum absolute atomic E-state index is 0.0840. The lowest BCUT2D eigenvalue weighted by molar-refractivity contribution is -0.125. The monoisotopic (exact) mass is 295 g/mol. The van der Waals surface area contributed by atoms with Crippen molar-refractivity contribution < 1.29 is 4.79 Å². The van der Waals surface area contributed by atoms with Crippen molar-refractivity contribution in [2.45, 2.75) is 5.54 Å². The van der Waals surface area contributed by atoms with Gasteiger partial charge in [0.25, 0.3) is 5.91 Å². The van der Waals surface area contributed by atoms with E-state index in [0.29, 0.717) is 5.17 Å². The standard InChI is InChI=1S/C16H13N3OS/c1-21-15-17-14(20)16(19-18-15)12-8-4-2-6-10(12)11-7-3-5-9-13(11)16/h2-9,19H,1H3,(H,17,18,20). The van der Waals surface area contributed by atoms with Gasteiger partial charge < -0.3 is 5.32 Å². The number of benzene rings is 2. The second kappa shape index (κ2) is 4.36. The zero-order chi connectivity index (χ0) is 14.4. The number of fused-ring (bicyclic) bond motifs is 5. The Labute approximate surface area is 126 Å². The van der Waals surface area contributed by atoms with Gasteiger partial charge in [-0.05, 0) is 17.4 Å². The Hall–Kier alpha value is -2.27. The lowest BCUT2D eigenvalue weighted by atomic mass is 9.87. The predicted octanol–water partition coefficient (Wildman–Crippen LogP) is 2.26. The van der Waals surface area contributed by atoms with E-state index in [4.69, 9.17) is 0 Å². The average Bonchev–Trinajstić information content (AvgIpc) is 2.82. The van der Waals surface area contributed by atoms with Crippen LogP contribution in [0.4, 0.5) is 0 Å². The molecule has 104 valence electrons. The van der Waals surface area contributed by atoms with Crippen LogP contribution in [0.1, 0.15) is 11.1 Å². The first kappa shape index (κ1) is 12.5. The summed E-state index contributed by atoms with van der Waals surface area (Å²) in [5, 5.41) is 7.81. The summed E-state index contributed by atoms with van der Waals surface area (Å²) in [5.74, 6) is -0.0840. The van der Waals surface area contributed by atoms with Gasteiger partial charge in [0.1, 0.15) is 0 Å². The highest BCUT2D eigenvalue weighted by atomic mass is 32.2. The quantitative estimate of drug-likeness (QED) is 0.784. The third-order valence-electron chi connectivity index (χ3n) is 4.03. The number of hydrogen-bond acceptors (Lipinski definition) is 4. The Balaban J connectivity index is 2.01. The fourth-order valence-corrected chi connectivity index (χ4v) is 3.43. The fraction of sp³-hybridized carbons (Fsp3) is 0.125. The van der Waals surface area contributed by atoms with Crippen molar-refractivity contribution in [3.63, 3.8) is 0 Å². The highest BCUT2D eigenvalue weighted by Gasteiger charge is 2.51. The van der Waals surface area contributed by atoms with Gasteiger partial charge in [0.15, 0.2) is 10.7 Å². The molecule has 0 bridgehead atoms. The van der Waals surface area contributed by atoms with Gasteiger partial charge in [-0.2, -0.15) is 5.10 Å². The van der Waals surface area contributed by atoms with Crippen LogP contribution < -0.4 is 10.7 Å². The van der Waals surface area contributed by atoms with Crippen LogP contribution in [0.2, 0.25) is 0 Å². The molecule has 1 spiro atoms. The molecule has 0 saturated carbocycles. The summed E-state index contributed by atoms with van der Waals surface area (Å²) in [5.41, 5.74) is 6.26. The lowest BCUT2D eigenvalue weighted by Crippen LogP contribution is -2.57. The van der Waals surface area contributed by atoms with E-state index in [2.05, 4.69) is 15.8 Å². The van der Waals surface area contributed by atoms with Crippen molar-refractivity contribution in [1.82, 2.24) is 10.7 Å². The van der Waals surface area contributed by atoms with Crippen LogP contribution in [0, 0.1) is 0 Å². The number of nitrogens with one attached hydrogen (secondary N) is 2. The minimum Gasteiger partial charge on any atom is -0.301 e. The fourth-order valence-electron chi connectivity index (χ4n) is 3.10. The van der Waals surface area contributed by atoms with E-state index in [9.17, 15) is 4.79 Å². The molecule has 21 heavy (non-hydrogen) atoms. The van der Waals surface area contributed by atoms with Crippen LogP contribution in [0.5, 0.6) is 0 Å². The van der Waals surface area contributed by atoms with E-state index in [1.54, 1.807) is 0 Å². The average molecular weight is 295 g/mol. The molecule has 4 nitrogen and oxygen atoms in total. The van der Waals surface area contributed by atoms with Crippen LogP contribution in [-0.4, -0.2) is 17.3 Å². The Morgan fingerprint density at radius 1 is 1.00 bits per heavy atom. The van der Waals surface area contributed by atoms with Crippen molar-refractivity contribution in [3.05, 3.63) is 59.7 Å². The number of amidine groups is 1. The maximum atomic E-state index is 12.8. The van der Waals surface area contributed by atoms with E-state index in [0.717, 1.165) is 22.3 Å². The van der Waals surface area contributed by atoms with Crippen LogP contribution >= 0.6 is 11.8 Å². The highest BCUT2D eigenvalue weighted by Crippen LogP contribution is 2.48. The molecule has 2 aliphatic rings. The molecule has 5 heteroatoms. The van der Waals surface area contributed by atoms with Crippen molar-refractivity contribution in [3.8, 4) is 11.1 Å². The number of hydrazone groups is 1. The topological polar surface area (TPSA) is 53.5 Å². The van der Waals surface area contributed by atoms with Crippen LogP contribution in [0.15, 0.2) is 53.6 Å². The lowest BCUT2D eigenvalue weighted by Gasteiger charge is -2.33. The van der Waals surface area contributed by atoms with E-state index in [1.165, 1.54) is 11.8 Å². The molecule has 0 radical (unpaired) electrons. The van der Waals surface area contributed by atoms with Gasteiger partial charge in [-0.3, -0.25) is 10.2 Å². The van der Waals surface area contributed by atoms with Gasteiger partial charge in [-0.15, -0.1) is 0 Å². The van der Waals surface area contributed by atoms with Crippen molar-refractivity contribution >= 4 is 22.8 Å².